The predicted molar refractivity (Wildman–Crippen MR) is 61.3 cm³/mol. The molecule has 3 heterocycles. The first kappa shape index (κ1) is 9.19. The van der Waals surface area contributed by atoms with Gasteiger partial charge >= 0.3 is 0 Å². The van der Waals surface area contributed by atoms with Gasteiger partial charge in [0.1, 0.15) is 6.07 Å². The average Bonchev–Trinajstić information content (AvgIpc) is 2.97. The van der Waals surface area contributed by atoms with Gasteiger partial charge in [0.2, 0.25) is 0 Å². The number of hydrogen-bond donors (Lipinski definition) is 0. The van der Waals surface area contributed by atoms with Gasteiger partial charge in [-0.2, -0.15) is 5.26 Å². The third kappa shape index (κ3) is 1.40. The highest BCUT2D eigenvalue weighted by molar-refractivity contribution is 7.10. The van der Waals surface area contributed by atoms with Crippen LogP contribution in [0.5, 0.6) is 0 Å². The number of hydrogen-bond acceptors (Lipinski definition) is 3. The zero-order valence-electron chi connectivity index (χ0n) is 8.37. The molecule has 0 spiro atoms. The van der Waals surface area contributed by atoms with Crippen molar-refractivity contribution in [2.24, 2.45) is 0 Å². The van der Waals surface area contributed by atoms with Gasteiger partial charge in [-0.25, -0.2) is 9.50 Å². The second-order valence-corrected chi connectivity index (χ2v) is 4.45. The first-order valence-electron chi connectivity index (χ1n) is 4.83. The van der Waals surface area contributed by atoms with E-state index in [-0.39, 0.29) is 0 Å². The fraction of sp³-hybridized carbons (Fsp3) is 0.0909. The maximum absolute atomic E-state index is 8.75. The summed E-state index contributed by atoms with van der Waals surface area (Å²) in [6, 6.07) is 6.04. The van der Waals surface area contributed by atoms with Gasteiger partial charge in [-0.1, -0.05) is 0 Å². The minimum atomic E-state index is 0.731. The lowest BCUT2D eigenvalue weighted by Gasteiger charge is -2.01. The summed E-state index contributed by atoms with van der Waals surface area (Å²) in [6.45, 7) is 0.770. The number of aromatic nitrogens is 3. The molecule has 0 saturated heterocycles. The van der Waals surface area contributed by atoms with Gasteiger partial charge in [0, 0.05) is 34.9 Å². The van der Waals surface area contributed by atoms with Crippen molar-refractivity contribution in [2.75, 3.05) is 0 Å². The molecule has 3 aromatic rings. The van der Waals surface area contributed by atoms with E-state index in [1.807, 2.05) is 34.4 Å². The number of nitriles is 1. The summed E-state index contributed by atoms with van der Waals surface area (Å²) in [4.78, 5) is 5.36. The molecule has 5 heteroatoms. The third-order valence-electron chi connectivity index (χ3n) is 2.42. The number of thiophene rings is 1. The van der Waals surface area contributed by atoms with Gasteiger partial charge < -0.3 is 0 Å². The zero-order valence-corrected chi connectivity index (χ0v) is 9.18. The van der Waals surface area contributed by atoms with Gasteiger partial charge in [-0.15, -0.1) is 11.3 Å². The Morgan fingerprint density at radius 1 is 1.44 bits per heavy atom. The Balaban J connectivity index is 1.95. The van der Waals surface area contributed by atoms with Crippen molar-refractivity contribution < 1.29 is 0 Å². The molecule has 0 saturated carbocycles. The van der Waals surface area contributed by atoms with Crippen LogP contribution in [0.25, 0.3) is 5.65 Å². The summed E-state index contributed by atoms with van der Waals surface area (Å²) < 4.78 is 4.06. The van der Waals surface area contributed by atoms with Crippen LogP contribution in [0.2, 0.25) is 0 Å². The molecule has 16 heavy (non-hydrogen) atoms. The fourth-order valence-corrected chi connectivity index (χ4v) is 2.48. The van der Waals surface area contributed by atoms with Crippen LogP contribution in [0, 0.1) is 11.3 Å². The molecule has 0 aliphatic heterocycles. The molecule has 3 rings (SSSR count). The number of imidazole rings is 1. The normalized spacial score (nSPS) is 10.7. The van der Waals surface area contributed by atoms with Crippen molar-refractivity contribution in [3.63, 3.8) is 0 Å². The Bertz CT molecular complexity index is 667. The molecule has 0 bridgehead atoms. The van der Waals surface area contributed by atoms with E-state index in [1.54, 1.807) is 17.5 Å². The summed E-state index contributed by atoms with van der Waals surface area (Å²) in [6.07, 6.45) is 5.70. The van der Waals surface area contributed by atoms with Crippen molar-refractivity contribution in [3.05, 3.63) is 46.5 Å². The van der Waals surface area contributed by atoms with E-state index >= 15 is 0 Å². The average molecular weight is 228 g/mol. The van der Waals surface area contributed by atoms with E-state index in [0.717, 1.165) is 17.8 Å². The van der Waals surface area contributed by atoms with E-state index in [4.69, 9.17) is 5.26 Å². The van der Waals surface area contributed by atoms with Crippen molar-refractivity contribution in [1.82, 2.24) is 14.2 Å². The molecule has 3 aromatic heterocycles. The summed E-state index contributed by atoms with van der Waals surface area (Å²) >= 11 is 1.61. The van der Waals surface area contributed by atoms with E-state index in [9.17, 15) is 0 Å². The second-order valence-electron chi connectivity index (χ2n) is 3.46. The lowest BCUT2D eigenvalue weighted by atomic mass is 10.3. The Labute approximate surface area is 96.0 Å². The van der Waals surface area contributed by atoms with Crippen molar-refractivity contribution in [3.8, 4) is 6.07 Å². The zero-order chi connectivity index (χ0) is 11.0. The lowest BCUT2D eigenvalue weighted by Crippen LogP contribution is -2.03. The highest BCUT2D eigenvalue weighted by Gasteiger charge is 2.03. The van der Waals surface area contributed by atoms with Crippen LogP contribution in [0.1, 0.15) is 10.4 Å². The van der Waals surface area contributed by atoms with Crippen LogP contribution in [-0.2, 0) is 6.54 Å². The minimum Gasteiger partial charge on any atom is -0.282 e. The largest absolute Gasteiger partial charge is 0.282 e. The van der Waals surface area contributed by atoms with E-state index < -0.39 is 0 Å². The highest BCUT2D eigenvalue weighted by atomic mass is 32.1. The molecule has 0 unspecified atom stereocenters. The maximum Gasteiger partial charge on any atom is 0.152 e. The SMILES string of the molecule is N#Cc1csc(Cn2ccc3nccn32)c1. The lowest BCUT2D eigenvalue weighted by molar-refractivity contribution is 0.648. The van der Waals surface area contributed by atoms with E-state index in [2.05, 4.69) is 15.7 Å². The first-order valence-corrected chi connectivity index (χ1v) is 5.71. The van der Waals surface area contributed by atoms with Gasteiger partial charge in [0.25, 0.3) is 0 Å². The summed E-state index contributed by atoms with van der Waals surface area (Å²) in [5.74, 6) is 0. The molecule has 0 aliphatic rings. The van der Waals surface area contributed by atoms with Crippen LogP contribution < -0.4 is 0 Å². The van der Waals surface area contributed by atoms with Crippen LogP contribution in [0.4, 0.5) is 0 Å². The molecule has 4 nitrogen and oxygen atoms in total. The molecular weight excluding hydrogens is 220 g/mol. The molecule has 78 valence electrons. The first-order chi connectivity index (χ1) is 7.86. The molecule has 0 fully saturated rings. The molecule has 0 N–H and O–H groups in total. The molecule has 0 amide bonds. The minimum absolute atomic E-state index is 0.731. The second kappa shape index (κ2) is 3.51. The molecule has 0 aromatic carbocycles. The van der Waals surface area contributed by atoms with Crippen molar-refractivity contribution in [1.29, 1.82) is 5.26 Å². The number of rotatable bonds is 2. The van der Waals surface area contributed by atoms with Crippen LogP contribution >= 0.6 is 11.3 Å². The Morgan fingerprint density at radius 2 is 2.38 bits per heavy atom. The molecular formula is C11H8N4S. The number of fused-ring (bicyclic) bond motifs is 1. The standard InChI is InChI=1S/C11H8N4S/c12-6-9-5-10(16-8-9)7-14-3-1-11-13-2-4-15(11)14/h1-5,8H,7H2. The topological polar surface area (TPSA) is 46.0 Å². The summed E-state index contributed by atoms with van der Waals surface area (Å²) in [5.41, 5.74) is 1.67. The van der Waals surface area contributed by atoms with Gasteiger partial charge in [0.05, 0.1) is 12.1 Å². The van der Waals surface area contributed by atoms with Crippen molar-refractivity contribution in [2.45, 2.75) is 6.54 Å². The van der Waals surface area contributed by atoms with E-state index in [1.165, 1.54) is 4.88 Å². The quantitative estimate of drug-likeness (QED) is 0.674. The van der Waals surface area contributed by atoms with Crippen LogP contribution in [0.3, 0.4) is 0 Å². The van der Waals surface area contributed by atoms with Crippen LogP contribution in [0.15, 0.2) is 36.1 Å². The molecule has 0 radical (unpaired) electrons. The molecule has 0 atom stereocenters. The maximum atomic E-state index is 8.75. The monoisotopic (exact) mass is 228 g/mol. The van der Waals surface area contributed by atoms with Crippen LogP contribution in [-0.4, -0.2) is 14.2 Å². The highest BCUT2D eigenvalue weighted by Crippen LogP contribution is 2.15. The van der Waals surface area contributed by atoms with Gasteiger partial charge in [-0.05, 0) is 6.07 Å². The van der Waals surface area contributed by atoms with Gasteiger partial charge in [-0.3, -0.25) is 4.68 Å². The summed E-state index contributed by atoms with van der Waals surface area (Å²) in [7, 11) is 0. The fourth-order valence-electron chi connectivity index (χ4n) is 1.68. The number of nitrogens with zero attached hydrogens (tertiary/aromatic N) is 4. The van der Waals surface area contributed by atoms with Crippen molar-refractivity contribution >= 4 is 17.0 Å². The predicted octanol–water partition coefficient (Wildman–Crippen LogP) is 2.12. The summed E-state index contributed by atoms with van der Waals surface area (Å²) in [5, 5.41) is 10.6. The third-order valence-corrected chi connectivity index (χ3v) is 3.34. The Kier molecular flexibility index (Phi) is 2.01. The van der Waals surface area contributed by atoms with E-state index in [0.29, 0.717) is 0 Å². The van der Waals surface area contributed by atoms with Gasteiger partial charge in [0.15, 0.2) is 5.65 Å². The smallest absolute Gasteiger partial charge is 0.152 e. The Morgan fingerprint density at radius 3 is 3.19 bits per heavy atom. The Hall–Kier alpha value is -2.06. The molecule has 0 aliphatic carbocycles.